The van der Waals surface area contributed by atoms with E-state index < -0.39 is 13.9 Å². The Morgan fingerprint density at radius 3 is 2.26 bits per heavy atom. The van der Waals surface area contributed by atoms with Crippen molar-refractivity contribution in [2.24, 2.45) is 5.92 Å². The summed E-state index contributed by atoms with van der Waals surface area (Å²) in [7, 11) is -1.92. The molecule has 3 aliphatic rings. The fraction of sp³-hybridized carbons (Fsp3) is 0.842. The second-order valence-electron chi connectivity index (χ2n) is 9.84. The van der Waals surface area contributed by atoms with Gasteiger partial charge in [-0.25, -0.2) is 0 Å². The summed E-state index contributed by atoms with van der Waals surface area (Å²) in [5.74, 6) is 0.274. The number of carbonyl (C=O) groups is 1. The van der Waals surface area contributed by atoms with Crippen molar-refractivity contribution in [1.29, 1.82) is 0 Å². The monoisotopic (exact) mass is 336 g/mol. The standard InChI is InChI=1S/C19H32O3Si/c1-16(2,3)23(6,7)22-17(4,5)14-12-18-10-8-9-11-19(18,21-18)13-15(14)20/h8-9,14H,10-13H2,1-7H3/t14-,18-,19+/m0/s1. The highest BCUT2D eigenvalue weighted by Crippen LogP contribution is 2.64. The van der Waals surface area contributed by atoms with E-state index >= 15 is 0 Å². The minimum absolute atomic E-state index is 0.0567. The summed E-state index contributed by atoms with van der Waals surface area (Å²) in [6.45, 7) is 15.5. The summed E-state index contributed by atoms with van der Waals surface area (Å²) in [5.41, 5.74) is -0.690. The van der Waals surface area contributed by atoms with E-state index in [2.05, 4.69) is 59.9 Å². The van der Waals surface area contributed by atoms with Gasteiger partial charge in [-0.1, -0.05) is 32.9 Å². The number of ketones is 1. The number of epoxide rings is 1. The van der Waals surface area contributed by atoms with Crippen LogP contribution in [0.2, 0.25) is 18.1 Å². The summed E-state index contributed by atoms with van der Waals surface area (Å²) in [5, 5.41) is 0.147. The zero-order chi connectivity index (χ0) is 17.3. The van der Waals surface area contributed by atoms with Gasteiger partial charge >= 0.3 is 0 Å². The van der Waals surface area contributed by atoms with Crippen LogP contribution in [0.25, 0.3) is 0 Å². The minimum atomic E-state index is -1.92. The van der Waals surface area contributed by atoms with Crippen molar-refractivity contribution < 1.29 is 14.0 Å². The summed E-state index contributed by atoms with van der Waals surface area (Å²) in [6, 6.07) is 0. The maximum absolute atomic E-state index is 12.9. The first-order chi connectivity index (χ1) is 10.3. The van der Waals surface area contributed by atoms with Crippen molar-refractivity contribution >= 4 is 14.1 Å². The highest BCUT2D eigenvalue weighted by molar-refractivity contribution is 6.74. The van der Waals surface area contributed by atoms with Gasteiger partial charge in [-0.15, -0.1) is 0 Å². The topological polar surface area (TPSA) is 38.8 Å². The van der Waals surface area contributed by atoms with Crippen LogP contribution in [-0.2, 0) is 14.0 Å². The van der Waals surface area contributed by atoms with Gasteiger partial charge < -0.3 is 9.16 Å². The van der Waals surface area contributed by atoms with Crippen LogP contribution in [0.5, 0.6) is 0 Å². The van der Waals surface area contributed by atoms with Crippen LogP contribution < -0.4 is 0 Å². The van der Waals surface area contributed by atoms with Crippen LogP contribution in [0, 0.1) is 5.92 Å². The SMILES string of the molecule is CC(C)(O[Si](C)(C)C(C)(C)C)[C@H]1C[C@@]23CC=CC[C@]2(CC1=O)O3. The van der Waals surface area contributed by atoms with Crippen molar-refractivity contribution in [2.45, 2.75) is 95.2 Å². The molecule has 3 nitrogen and oxygen atoms in total. The van der Waals surface area contributed by atoms with E-state index in [9.17, 15) is 4.79 Å². The van der Waals surface area contributed by atoms with Gasteiger partial charge in [0.15, 0.2) is 8.32 Å². The number of ether oxygens (including phenoxy) is 1. The molecule has 2 aliphatic carbocycles. The first-order valence-corrected chi connectivity index (χ1v) is 11.8. The Balaban J connectivity index is 1.81. The second-order valence-corrected chi connectivity index (χ2v) is 14.6. The summed E-state index contributed by atoms with van der Waals surface area (Å²) in [6.07, 6.45) is 7.63. The van der Waals surface area contributed by atoms with Crippen LogP contribution in [0.15, 0.2) is 12.2 Å². The maximum Gasteiger partial charge on any atom is 0.192 e. The van der Waals surface area contributed by atoms with Crippen LogP contribution in [0.3, 0.4) is 0 Å². The molecular formula is C19H32O3Si. The molecule has 0 aromatic carbocycles. The van der Waals surface area contributed by atoms with Gasteiger partial charge in [0.1, 0.15) is 17.0 Å². The highest BCUT2D eigenvalue weighted by Gasteiger charge is 2.74. The lowest BCUT2D eigenvalue weighted by atomic mass is 9.65. The third kappa shape index (κ3) is 2.57. The fourth-order valence-corrected chi connectivity index (χ4v) is 6.06. The van der Waals surface area contributed by atoms with Crippen LogP contribution in [0.4, 0.5) is 0 Å². The van der Waals surface area contributed by atoms with Crippen LogP contribution >= 0.6 is 0 Å². The van der Waals surface area contributed by atoms with Gasteiger partial charge in [0, 0.05) is 12.3 Å². The maximum atomic E-state index is 12.9. The van der Waals surface area contributed by atoms with Crippen molar-refractivity contribution in [3.05, 3.63) is 12.2 Å². The largest absolute Gasteiger partial charge is 0.411 e. The van der Waals surface area contributed by atoms with E-state index in [1.54, 1.807) is 0 Å². The Hall–Kier alpha value is -0.453. The van der Waals surface area contributed by atoms with Gasteiger partial charge in [-0.05, 0) is 51.2 Å². The predicted octanol–water partition coefficient (Wildman–Crippen LogP) is 4.62. The van der Waals surface area contributed by atoms with Gasteiger partial charge in [0.2, 0.25) is 0 Å². The number of rotatable bonds is 3. The fourth-order valence-electron chi connectivity index (χ4n) is 4.30. The van der Waals surface area contributed by atoms with Crippen molar-refractivity contribution in [1.82, 2.24) is 0 Å². The van der Waals surface area contributed by atoms with Gasteiger partial charge in [-0.2, -0.15) is 0 Å². The normalized spacial score (nSPS) is 37.3. The molecule has 0 aromatic rings. The summed E-state index contributed by atoms with van der Waals surface area (Å²) < 4.78 is 12.9. The number of hydrogen-bond donors (Lipinski definition) is 0. The molecule has 0 aromatic heterocycles. The molecule has 1 saturated heterocycles. The molecular weight excluding hydrogens is 304 g/mol. The molecule has 1 saturated carbocycles. The predicted molar refractivity (Wildman–Crippen MR) is 95.0 cm³/mol. The second kappa shape index (κ2) is 4.80. The Kier molecular flexibility index (Phi) is 3.62. The lowest BCUT2D eigenvalue weighted by Gasteiger charge is -2.47. The van der Waals surface area contributed by atoms with Crippen LogP contribution in [0.1, 0.15) is 60.3 Å². The molecule has 3 rings (SSSR count). The molecule has 1 aliphatic heterocycles. The van der Waals surface area contributed by atoms with Crippen molar-refractivity contribution in [3.63, 3.8) is 0 Å². The van der Waals surface area contributed by atoms with E-state index in [1.807, 2.05) is 0 Å². The Morgan fingerprint density at radius 1 is 1.13 bits per heavy atom. The number of Topliss-reactive ketones (excluding diaryl/α,β-unsaturated/α-hetero) is 1. The zero-order valence-electron chi connectivity index (χ0n) is 15.8. The van der Waals surface area contributed by atoms with Gasteiger partial charge in [0.25, 0.3) is 0 Å². The minimum Gasteiger partial charge on any atom is -0.411 e. The van der Waals surface area contributed by atoms with Crippen LogP contribution in [-0.4, -0.2) is 30.9 Å². The first-order valence-electron chi connectivity index (χ1n) is 8.92. The van der Waals surface area contributed by atoms with Crippen molar-refractivity contribution in [3.8, 4) is 0 Å². The smallest absolute Gasteiger partial charge is 0.192 e. The molecule has 0 spiro atoms. The quantitative estimate of drug-likeness (QED) is 0.429. The lowest BCUT2D eigenvalue weighted by Crippen LogP contribution is -2.55. The van der Waals surface area contributed by atoms with Crippen molar-refractivity contribution in [2.75, 3.05) is 0 Å². The zero-order valence-corrected chi connectivity index (χ0v) is 16.8. The molecule has 0 unspecified atom stereocenters. The molecule has 130 valence electrons. The number of carbonyl (C=O) groups excluding carboxylic acids is 1. The Morgan fingerprint density at radius 2 is 1.70 bits per heavy atom. The number of hydrogen-bond acceptors (Lipinski definition) is 3. The molecule has 2 fully saturated rings. The van der Waals surface area contributed by atoms with Gasteiger partial charge in [-0.3, -0.25) is 4.79 Å². The summed E-state index contributed by atoms with van der Waals surface area (Å²) >= 11 is 0. The van der Waals surface area contributed by atoms with E-state index in [4.69, 9.17) is 9.16 Å². The van der Waals surface area contributed by atoms with E-state index in [1.165, 1.54) is 0 Å². The van der Waals surface area contributed by atoms with Gasteiger partial charge in [0.05, 0.1) is 5.60 Å². The molecule has 1 heterocycles. The summed E-state index contributed by atoms with van der Waals surface area (Å²) in [4.78, 5) is 12.9. The average Bonchev–Trinajstić information content (AvgIpc) is 3.03. The molecule has 23 heavy (non-hydrogen) atoms. The molecule has 0 amide bonds. The first kappa shape index (κ1) is 17.4. The average molecular weight is 337 g/mol. The van der Waals surface area contributed by atoms with E-state index in [0.29, 0.717) is 12.2 Å². The third-order valence-electron chi connectivity index (χ3n) is 6.79. The molecule has 0 N–H and O–H groups in total. The Labute approximate surface area is 141 Å². The Bertz CT molecular complexity index is 557. The van der Waals surface area contributed by atoms with E-state index in [-0.39, 0.29) is 22.2 Å². The highest BCUT2D eigenvalue weighted by atomic mass is 28.4. The lowest BCUT2D eigenvalue weighted by molar-refractivity contribution is -0.133. The molecule has 3 atom stereocenters. The van der Waals surface area contributed by atoms with E-state index in [0.717, 1.165) is 19.3 Å². The molecule has 4 heteroatoms. The molecule has 0 bridgehead atoms. The molecule has 0 radical (unpaired) electrons. The third-order valence-corrected chi connectivity index (χ3v) is 11.4.